The number of anilines is 1. The molecule has 0 saturated carbocycles. The molecule has 0 bridgehead atoms. The second-order valence-electron chi connectivity index (χ2n) is 4.34. The number of nitrogens with zero attached hydrogens (tertiary/aromatic N) is 2. The van der Waals surface area contributed by atoms with Crippen molar-refractivity contribution in [1.82, 2.24) is 9.88 Å². The van der Waals surface area contributed by atoms with Crippen LogP contribution in [0.2, 0.25) is 0 Å². The minimum Gasteiger partial charge on any atom is -0.396 e. The topological polar surface area (TPSA) is 76.3 Å². The highest BCUT2D eigenvalue weighted by Crippen LogP contribution is 2.15. The molecule has 1 fully saturated rings. The van der Waals surface area contributed by atoms with Crippen molar-refractivity contribution in [2.24, 2.45) is 0 Å². The van der Waals surface area contributed by atoms with Crippen LogP contribution < -0.4 is 5.73 Å². The fraction of sp³-hybridized carbons (Fsp3) is 0.500. The zero-order valence-electron chi connectivity index (χ0n) is 10.2. The Kier molecular flexibility index (Phi) is 4.30. The number of carbonyl (C=O) groups excluding carboxylic acids is 1. The number of pyridine rings is 1. The molecule has 98 valence electrons. The van der Waals surface area contributed by atoms with Crippen LogP contribution in [0.3, 0.4) is 0 Å². The van der Waals surface area contributed by atoms with Gasteiger partial charge in [0.15, 0.2) is 0 Å². The molecule has 0 spiro atoms. The number of nitrogen functional groups attached to an aromatic ring is 1. The number of piperidine rings is 1. The van der Waals surface area contributed by atoms with Gasteiger partial charge in [0.05, 0.1) is 27.6 Å². The van der Waals surface area contributed by atoms with Crippen LogP contribution in [0.4, 0.5) is 5.69 Å². The number of carbonyl (C=O) groups is 1. The standard InChI is InChI=1S/C12H17N3O2S/c13-10-8-14-5-4-11(10)18(17)9-12(16)15-6-2-1-3-7-15/h4-5,8H,1-3,6-7,9,13H2. The summed E-state index contributed by atoms with van der Waals surface area (Å²) in [5.74, 6) is -0.0435. The molecule has 1 aromatic rings. The van der Waals surface area contributed by atoms with Crippen LogP contribution in [-0.2, 0) is 15.6 Å². The molecule has 18 heavy (non-hydrogen) atoms. The minimum absolute atomic E-state index is 0.00815. The molecule has 1 aliphatic rings. The molecule has 2 N–H and O–H groups in total. The van der Waals surface area contributed by atoms with E-state index in [9.17, 15) is 9.00 Å². The van der Waals surface area contributed by atoms with Gasteiger partial charge in [0.25, 0.3) is 0 Å². The van der Waals surface area contributed by atoms with Crippen molar-refractivity contribution in [3.8, 4) is 0 Å². The van der Waals surface area contributed by atoms with E-state index in [0.717, 1.165) is 25.9 Å². The first-order chi connectivity index (χ1) is 8.68. The highest BCUT2D eigenvalue weighted by atomic mass is 32.2. The van der Waals surface area contributed by atoms with Crippen LogP contribution in [0, 0.1) is 0 Å². The van der Waals surface area contributed by atoms with Gasteiger partial charge in [-0.15, -0.1) is 0 Å². The fourth-order valence-electron chi connectivity index (χ4n) is 2.03. The van der Waals surface area contributed by atoms with Gasteiger partial charge in [-0.1, -0.05) is 0 Å². The quantitative estimate of drug-likeness (QED) is 0.878. The van der Waals surface area contributed by atoms with Gasteiger partial charge in [-0.05, 0) is 25.3 Å². The molecule has 0 radical (unpaired) electrons. The summed E-state index contributed by atoms with van der Waals surface area (Å²) < 4.78 is 12.1. The van der Waals surface area contributed by atoms with E-state index in [1.54, 1.807) is 11.0 Å². The Labute approximate surface area is 109 Å². The summed E-state index contributed by atoms with van der Waals surface area (Å²) in [6.07, 6.45) is 6.24. The number of hydrogen-bond donors (Lipinski definition) is 1. The summed E-state index contributed by atoms with van der Waals surface area (Å²) in [5.41, 5.74) is 6.07. The van der Waals surface area contributed by atoms with Gasteiger partial charge < -0.3 is 10.6 Å². The molecule has 6 heteroatoms. The number of aromatic nitrogens is 1. The number of hydrogen-bond acceptors (Lipinski definition) is 4. The molecular weight excluding hydrogens is 250 g/mol. The second kappa shape index (κ2) is 5.95. The molecule has 5 nitrogen and oxygen atoms in total. The van der Waals surface area contributed by atoms with Crippen LogP contribution in [0.5, 0.6) is 0 Å². The predicted octanol–water partition coefficient (Wildman–Crippen LogP) is 0.784. The molecule has 2 heterocycles. The average molecular weight is 267 g/mol. The third-order valence-electron chi connectivity index (χ3n) is 3.02. The highest BCUT2D eigenvalue weighted by molar-refractivity contribution is 7.86. The lowest BCUT2D eigenvalue weighted by molar-refractivity contribution is -0.129. The Bertz CT molecular complexity index is 458. The largest absolute Gasteiger partial charge is 0.396 e. The molecule has 1 unspecified atom stereocenters. The third kappa shape index (κ3) is 3.07. The number of nitrogens with two attached hydrogens (primary N) is 1. The zero-order valence-corrected chi connectivity index (χ0v) is 11.0. The maximum Gasteiger partial charge on any atom is 0.235 e. The van der Waals surface area contributed by atoms with E-state index in [1.807, 2.05) is 0 Å². The second-order valence-corrected chi connectivity index (χ2v) is 5.76. The summed E-state index contributed by atoms with van der Waals surface area (Å²) in [7, 11) is -1.38. The van der Waals surface area contributed by atoms with E-state index < -0.39 is 10.8 Å². The van der Waals surface area contributed by atoms with E-state index in [1.165, 1.54) is 18.8 Å². The Morgan fingerprint density at radius 3 is 2.78 bits per heavy atom. The molecule has 1 aliphatic heterocycles. The summed E-state index contributed by atoms with van der Waals surface area (Å²) in [5, 5.41) is 0. The van der Waals surface area contributed by atoms with Crippen molar-refractivity contribution in [3.05, 3.63) is 18.5 Å². The maximum atomic E-state index is 12.1. The first-order valence-corrected chi connectivity index (χ1v) is 7.36. The van der Waals surface area contributed by atoms with Crippen LogP contribution >= 0.6 is 0 Å². The van der Waals surface area contributed by atoms with Crippen molar-refractivity contribution in [2.45, 2.75) is 24.2 Å². The van der Waals surface area contributed by atoms with Crippen molar-refractivity contribution in [1.29, 1.82) is 0 Å². The van der Waals surface area contributed by atoms with E-state index in [-0.39, 0.29) is 11.7 Å². The van der Waals surface area contributed by atoms with Gasteiger partial charge in [-0.25, -0.2) is 0 Å². The molecule has 1 amide bonds. The predicted molar refractivity (Wildman–Crippen MR) is 70.4 cm³/mol. The van der Waals surface area contributed by atoms with Gasteiger partial charge in [0.2, 0.25) is 5.91 Å². The van der Waals surface area contributed by atoms with Crippen LogP contribution in [0.25, 0.3) is 0 Å². The monoisotopic (exact) mass is 267 g/mol. The lowest BCUT2D eigenvalue weighted by Gasteiger charge is -2.26. The van der Waals surface area contributed by atoms with E-state index in [4.69, 9.17) is 5.73 Å². The maximum absolute atomic E-state index is 12.1. The molecule has 0 aliphatic carbocycles. The van der Waals surface area contributed by atoms with Crippen molar-refractivity contribution in [2.75, 3.05) is 24.6 Å². The normalized spacial score (nSPS) is 17.4. The SMILES string of the molecule is Nc1cnccc1S(=O)CC(=O)N1CCCCC1. The molecule has 1 atom stereocenters. The third-order valence-corrected chi connectivity index (χ3v) is 4.39. The van der Waals surface area contributed by atoms with Crippen molar-refractivity contribution < 1.29 is 9.00 Å². The van der Waals surface area contributed by atoms with Gasteiger partial charge in [-0.3, -0.25) is 14.0 Å². The van der Waals surface area contributed by atoms with Crippen LogP contribution in [0.1, 0.15) is 19.3 Å². The Morgan fingerprint density at radius 2 is 2.11 bits per heavy atom. The Hall–Kier alpha value is -1.43. The Morgan fingerprint density at radius 1 is 1.39 bits per heavy atom. The first kappa shape index (κ1) is 13.0. The molecule has 1 saturated heterocycles. The zero-order chi connectivity index (χ0) is 13.0. The summed E-state index contributed by atoms with van der Waals surface area (Å²) >= 11 is 0. The number of amides is 1. The molecular formula is C12H17N3O2S. The van der Waals surface area contributed by atoms with Gasteiger partial charge in [0, 0.05) is 19.3 Å². The highest BCUT2D eigenvalue weighted by Gasteiger charge is 2.20. The van der Waals surface area contributed by atoms with Crippen molar-refractivity contribution >= 4 is 22.4 Å². The molecule has 2 rings (SSSR count). The van der Waals surface area contributed by atoms with Crippen molar-refractivity contribution in [3.63, 3.8) is 0 Å². The Balaban J connectivity index is 1.99. The van der Waals surface area contributed by atoms with Gasteiger partial charge in [0.1, 0.15) is 5.75 Å². The summed E-state index contributed by atoms with van der Waals surface area (Å²) in [6.45, 7) is 1.56. The molecule has 0 aromatic carbocycles. The smallest absolute Gasteiger partial charge is 0.235 e. The van der Waals surface area contributed by atoms with Gasteiger partial charge >= 0.3 is 0 Å². The van der Waals surface area contributed by atoms with Gasteiger partial charge in [-0.2, -0.15) is 0 Å². The first-order valence-electron chi connectivity index (χ1n) is 6.04. The minimum atomic E-state index is -1.38. The summed E-state index contributed by atoms with van der Waals surface area (Å²) in [4.78, 5) is 18.1. The van der Waals surface area contributed by atoms with E-state index in [2.05, 4.69) is 4.98 Å². The van der Waals surface area contributed by atoms with E-state index >= 15 is 0 Å². The van der Waals surface area contributed by atoms with Crippen LogP contribution in [-0.4, -0.2) is 38.8 Å². The average Bonchev–Trinajstić information content (AvgIpc) is 2.40. The van der Waals surface area contributed by atoms with Crippen LogP contribution in [0.15, 0.2) is 23.4 Å². The molecule has 1 aromatic heterocycles. The number of rotatable bonds is 3. The lowest BCUT2D eigenvalue weighted by Crippen LogP contribution is -2.38. The number of likely N-dealkylation sites (tertiary alicyclic amines) is 1. The van der Waals surface area contributed by atoms with E-state index in [0.29, 0.717) is 10.6 Å². The fourth-order valence-corrected chi connectivity index (χ4v) is 3.12. The summed E-state index contributed by atoms with van der Waals surface area (Å²) in [6, 6.07) is 1.61. The lowest BCUT2D eigenvalue weighted by atomic mass is 10.1.